The summed E-state index contributed by atoms with van der Waals surface area (Å²) in [5.74, 6) is 0.607. The Morgan fingerprint density at radius 1 is 0.520 bits per heavy atom. The summed E-state index contributed by atoms with van der Waals surface area (Å²) in [6.45, 7) is 1.83. The summed E-state index contributed by atoms with van der Waals surface area (Å²) in [7, 11) is 0. The number of ether oxygens (including phenoxy) is 3. The van der Waals surface area contributed by atoms with Gasteiger partial charge in [0.25, 0.3) is 0 Å². The van der Waals surface area contributed by atoms with Crippen LogP contribution in [0.15, 0.2) is 36.4 Å². The van der Waals surface area contributed by atoms with E-state index in [1.807, 2.05) is 0 Å². The Bertz CT molecular complexity index is 574. The van der Waals surface area contributed by atoms with Crippen molar-refractivity contribution >= 4 is 0 Å². The van der Waals surface area contributed by atoms with Crippen molar-refractivity contribution in [3.05, 3.63) is 36.4 Å². The molecular weight excluding hydrogens is 328 g/mol. The zero-order valence-corrected chi connectivity index (χ0v) is 13.7. The molecule has 0 radical (unpaired) electrons. The topological polar surface area (TPSA) is 109 Å². The molecule has 25 heavy (non-hydrogen) atoms. The predicted molar refractivity (Wildman–Crippen MR) is 90.6 cm³/mol. The Morgan fingerprint density at radius 2 is 0.880 bits per heavy atom. The molecule has 0 saturated carbocycles. The van der Waals surface area contributed by atoms with Crippen LogP contribution in [-0.2, 0) is 4.74 Å². The molecule has 7 heteroatoms. The molecule has 0 aromatic heterocycles. The number of hydrogen-bond donors (Lipinski definition) is 4. The van der Waals surface area contributed by atoms with Gasteiger partial charge in [-0.25, -0.2) is 0 Å². The maximum absolute atomic E-state index is 9.33. The fourth-order valence-electron chi connectivity index (χ4n) is 2.11. The van der Waals surface area contributed by atoms with Crippen molar-refractivity contribution in [3.8, 4) is 34.5 Å². The van der Waals surface area contributed by atoms with Crippen molar-refractivity contribution < 1.29 is 34.6 Å². The van der Waals surface area contributed by atoms with Gasteiger partial charge in [-0.1, -0.05) is 0 Å². The lowest BCUT2D eigenvalue weighted by Gasteiger charge is -2.09. The number of phenolic OH excluding ortho intramolecular Hbond substituents is 4. The largest absolute Gasteiger partial charge is 0.508 e. The lowest BCUT2D eigenvalue weighted by molar-refractivity contribution is 0.107. The summed E-state index contributed by atoms with van der Waals surface area (Å²) in [5.41, 5.74) is 0. The first-order chi connectivity index (χ1) is 12.0. The average Bonchev–Trinajstić information content (AvgIpc) is 2.51. The molecule has 0 aliphatic carbocycles. The second-order valence-electron chi connectivity index (χ2n) is 5.39. The van der Waals surface area contributed by atoms with E-state index in [0.717, 1.165) is 0 Å². The molecule has 0 amide bonds. The average molecular weight is 350 g/mol. The van der Waals surface area contributed by atoms with Crippen LogP contribution in [0.2, 0.25) is 0 Å². The first-order valence-electron chi connectivity index (χ1n) is 7.92. The summed E-state index contributed by atoms with van der Waals surface area (Å²) in [6, 6.07) is 8.18. The van der Waals surface area contributed by atoms with Gasteiger partial charge < -0.3 is 34.6 Å². The maximum Gasteiger partial charge on any atom is 0.126 e. The van der Waals surface area contributed by atoms with E-state index < -0.39 is 0 Å². The molecule has 0 atom stereocenters. The van der Waals surface area contributed by atoms with Crippen LogP contribution in [0.1, 0.15) is 12.8 Å². The molecule has 0 aliphatic heterocycles. The summed E-state index contributed by atoms with van der Waals surface area (Å²) in [6.07, 6.45) is 1.33. The fraction of sp³-hybridized carbons (Fsp3) is 0.333. The van der Waals surface area contributed by atoms with Crippen molar-refractivity contribution in [2.24, 2.45) is 0 Å². The summed E-state index contributed by atoms with van der Waals surface area (Å²) in [4.78, 5) is 0. The quantitative estimate of drug-likeness (QED) is 0.488. The van der Waals surface area contributed by atoms with Gasteiger partial charge >= 0.3 is 0 Å². The van der Waals surface area contributed by atoms with Crippen molar-refractivity contribution in [1.29, 1.82) is 0 Å². The molecule has 0 aliphatic rings. The van der Waals surface area contributed by atoms with Gasteiger partial charge in [-0.05, 0) is 0 Å². The maximum atomic E-state index is 9.33. The van der Waals surface area contributed by atoms with Gasteiger partial charge in [0, 0.05) is 62.5 Å². The number of rotatable bonds is 10. The van der Waals surface area contributed by atoms with Crippen LogP contribution < -0.4 is 9.47 Å². The molecule has 0 saturated heterocycles. The summed E-state index contributed by atoms with van der Waals surface area (Å²) >= 11 is 0. The Labute approximate surface area is 145 Å². The zero-order chi connectivity index (χ0) is 18.1. The third-order valence-electron chi connectivity index (χ3n) is 3.16. The monoisotopic (exact) mass is 350 g/mol. The van der Waals surface area contributed by atoms with Gasteiger partial charge in [0.1, 0.15) is 34.5 Å². The highest BCUT2D eigenvalue weighted by Gasteiger charge is 2.01. The van der Waals surface area contributed by atoms with Gasteiger partial charge in [-0.2, -0.15) is 0 Å². The first-order valence-corrected chi connectivity index (χ1v) is 7.92. The summed E-state index contributed by atoms with van der Waals surface area (Å²) in [5, 5.41) is 37.3. The van der Waals surface area contributed by atoms with Crippen LogP contribution in [0.5, 0.6) is 34.5 Å². The third-order valence-corrected chi connectivity index (χ3v) is 3.16. The minimum Gasteiger partial charge on any atom is -0.508 e. The van der Waals surface area contributed by atoms with Crippen LogP contribution >= 0.6 is 0 Å². The van der Waals surface area contributed by atoms with E-state index in [2.05, 4.69) is 0 Å². The Balaban J connectivity index is 1.51. The lowest BCUT2D eigenvalue weighted by atomic mass is 10.3. The highest BCUT2D eigenvalue weighted by molar-refractivity contribution is 5.41. The zero-order valence-electron chi connectivity index (χ0n) is 13.7. The van der Waals surface area contributed by atoms with Crippen LogP contribution in [0.25, 0.3) is 0 Å². The van der Waals surface area contributed by atoms with E-state index in [9.17, 15) is 20.4 Å². The van der Waals surface area contributed by atoms with Crippen LogP contribution in [0.3, 0.4) is 0 Å². The molecule has 4 N–H and O–H groups in total. The number of benzene rings is 2. The smallest absolute Gasteiger partial charge is 0.126 e. The first kappa shape index (κ1) is 18.5. The highest BCUT2D eigenvalue weighted by Crippen LogP contribution is 2.26. The molecule has 0 unspecified atom stereocenters. The highest BCUT2D eigenvalue weighted by atomic mass is 16.5. The molecule has 136 valence electrons. The SMILES string of the molecule is Oc1cc(O)cc(OCCCOCCCOc2cc(O)cc(O)c2)c1. The van der Waals surface area contributed by atoms with Crippen molar-refractivity contribution in [3.63, 3.8) is 0 Å². The van der Waals surface area contributed by atoms with Gasteiger partial charge in [0.2, 0.25) is 0 Å². The molecule has 2 aromatic rings. The van der Waals surface area contributed by atoms with Crippen molar-refractivity contribution in [2.45, 2.75) is 12.8 Å². The molecule has 0 heterocycles. The second kappa shape index (κ2) is 9.48. The Kier molecular flexibility index (Phi) is 7.03. The van der Waals surface area contributed by atoms with Gasteiger partial charge in [-0.3, -0.25) is 0 Å². The van der Waals surface area contributed by atoms with E-state index >= 15 is 0 Å². The van der Waals surface area contributed by atoms with E-state index in [1.165, 1.54) is 36.4 Å². The molecule has 0 bridgehead atoms. The van der Waals surface area contributed by atoms with E-state index in [-0.39, 0.29) is 23.0 Å². The molecule has 0 spiro atoms. The number of phenols is 4. The van der Waals surface area contributed by atoms with Crippen molar-refractivity contribution in [1.82, 2.24) is 0 Å². The molecule has 0 fully saturated rings. The van der Waals surface area contributed by atoms with E-state index in [0.29, 0.717) is 50.8 Å². The lowest BCUT2D eigenvalue weighted by Crippen LogP contribution is -2.06. The van der Waals surface area contributed by atoms with Crippen LogP contribution in [-0.4, -0.2) is 46.9 Å². The summed E-state index contributed by atoms with van der Waals surface area (Å²) < 4.78 is 16.3. The van der Waals surface area contributed by atoms with Crippen LogP contribution in [0, 0.1) is 0 Å². The predicted octanol–water partition coefficient (Wildman–Crippen LogP) is 2.76. The number of hydrogen-bond acceptors (Lipinski definition) is 7. The Hall–Kier alpha value is -2.80. The fourth-order valence-corrected chi connectivity index (χ4v) is 2.11. The van der Waals surface area contributed by atoms with E-state index in [4.69, 9.17) is 14.2 Å². The Morgan fingerprint density at radius 3 is 1.24 bits per heavy atom. The molecular formula is C18H22O7. The minimum atomic E-state index is -0.0497. The molecule has 7 nitrogen and oxygen atoms in total. The van der Waals surface area contributed by atoms with Gasteiger partial charge in [-0.15, -0.1) is 0 Å². The van der Waals surface area contributed by atoms with Crippen LogP contribution in [0.4, 0.5) is 0 Å². The second-order valence-corrected chi connectivity index (χ2v) is 5.39. The standard InChI is InChI=1S/C18H22O7/c19-13-7-14(20)10-17(9-13)24-5-1-3-23-4-2-6-25-18-11-15(21)8-16(22)12-18/h7-12,19-22H,1-6H2. The van der Waals surface area contributed by atoms with Crippen molar-refractivity contribution in [2.75, 3.05) is 26.4 Å². The normalized spacial score (nSPS) is 10.6. The minimum absolute atomic E-state index is 0.0497. The van der Waals surface area contributed by atoms with Gasteiger partial charge in [0.15, 0.2) is 0 Å². The van der Waals surface area contributed by atoms with E-state index in [1.54, 1.807) is 0 Å². The number of aromatic hydroxyl groups is 4. The molecule has 2 rings (SSSR count). The van der Waals surface area contributed by atoms with Gasteiger partial charge in [0.05, 0.1) is 13.2 Å². The molecule has 2 aromatic carbocycles. The third kappa shape index (κ3) is 7.09.